The first-order valence-electron chi connectivity index (χ1n) is 6.97. The van der Waals surface area contributed by atoms with E-state index >= 15 is 0 Å². The molecule has 0 bridgehead atoms. The van der Waals surface area contributed by atoms with Gasteiger partial charge in [-0.15, -0.1) is 0 Å². The fourth-order valence-electron chi connectivity index (χ4n) is 1.78. The summed E-state index contributed by atoms with van der Waals surface area (Å²) in [5.74, 6) is 0.875. The molecule has 0 unspecified atom stereocenters. The van der Waals surface area contributed by atoms with Crippen LogP contribution < -0.4 is 10.1 Å². The first-order valence-corrected chi connectivity index (χ1v) is 6.97. The fourth-order valence-corrected chi connectivity index (χ4v) is 1.78. The summed E-state index contributed by atoms with van der Waals surface area (Å²) >= 11 is 0. The summed E-state index contributed by atoms with van der Waals surface area (Å²) in [6.07, 6.45) is 1.70. The Hall–Kier alpha value is -1.94. The van der Waals surface area contributed by atoms with E-state index in [4.69, 9.17) is 4.74 Å². The van der Waals surface area contributed by atoms with E-state index in [-0.39, 0.29) is 11.4 Å². The van der Waals surface area contributed by atoms with E-state index in [1.165, 1.54) is 12.1 Å². The molecule has 0 saturated heterocycles. The van der Waals surface area contributed by atoms with E-state index < -0.39 is 0 Å². The Bertz CT molecular complexity index is 620. The number of nitrogens with one attached hydrogen (secondary N) is 1. The molecule has 1 aromatic heterocycles. The minimum absolute atomic E-state index is 0.0255. The highest BCUT2D eigenvalue weighted by Crippen LogP contribution is 2.25. The van der Waals surface area contributed by atoms with Crippen LogP contribution in [0, 0.1) is 12.7 Å². The van der Waals surface area contributed by atoms with Gasteiger partial charge >= 0.3 is 0 Å². The molecule has 2 rings (SSSR count). The highest BCUT2D eigenvalue weighted by molar-refractivity contribution is 5.37. The zero-order valence-electron chi connectivity index (χ0n) is 12.9. The number of aryl methyl sites for hydroxylation is 1. The molecular formula is C17H21FN2O. The number of pyridine rings is 1. The van der Waals surface area contributed by atoms with Crippen LogP contribution in [0.4, 0.5) is 4.39 Å². The lowest BCUT2D eigenvalue weighted by Gasteiger charge is -2.20. The predicted octanol–water partition coefficient (Wildman–Crippen LogP) is 4.21. The Morgan fingerprint density at radius 3 is 2.67 bits per heavy atom. The average Bonchev–Trinajstić information content (AvgIpc) is 2.40. The Kier molecular flexibility index (Phi) is 4.58. The molecule has 0 aliphatic carbocycles. The lowest BCUT2D eigenvalue weighted by Crippen LogP contribution is -2.35. The second-order valence-corrected chi connectivity index (χ2v) is 6.10. The molecule has 0 radical (unpaired) electrons. The van der Waals surface area contributed by atoms with Crippen molar-refractivity contribution in [3.63, 3.8) is 0 Å². The lowest BCUT2D eigenvalue weighted by molar-refractivity contribution is 0.419. The van der Waals surface area contributed by atoms with Crippen LogP contribution in [0.5, 0.6) is 11.5 Å². The first-order chi connectivity index (χ1) is 9.83. The molecule has 1 heterocycles. The summed E-state index contributed by atoms with van der Waals surface area (Å²) < 4.78 is 19.0. The average molecular weight is 288 g/mol. The van der Waals surface area contributed by atoms with Crippen molar-refractivity contribution in [1.82, 2.24) is 10.3 Å². The maximum atomic E-state index is 13.3. The van der Waals surface area contributed by atoms with Crippen LogP contribution in [0.15, 0.2) is 36.5 Å². The fraction of sp³-hybridized carbons (Fsp3) is 0.353. The van der Waals surface area contributed by atoms with Crippen molar-refractivity contribution in [2.75, 3.05) is 0 Å². The molecule has 0 aliphatic heterocycles. The second-order valence-electron chi connectivity index (χ2n) is 6.10. The van der Waals surface area contributed by atoms with Crippen molar-refractivity contribution in [3.8, 4) is 11.5 Å². The topological polar surface area (TPSA) is 34.1 Å². The molecule has 0 saturated carbocycles. The number of ether oxygens (including phenoxy) is 1. The van der Waals surface area contributed by atoms with E-state index in [0.29, 0.717) is 18.0 Å². The van der Waals surface area contributed by atoms with Crippen LogP contribution in [-0.4, -0.2) is 10.5 Å². The first kappa shape index (κ1) is 15.4. The molecule has 112 valence electrons. The van der Waals surface area contributed by atoms with Gasteiger partial charge in [0.1, 0.15) is 17.3 Å². The van der Waals surface area contributed by atoms with E-state index in [1.807, 2.05) is 13.0 Å². The third kappa shape index (κ3) is 4.83. The summed E-state index contributed by atoms with van der Waals surface area (Å²) in [6.45, 7) is 8.84. The highest BCUT2D eigenvalue weighted by atomic mass is 19.1. The van der Waals surface area contributed by atoms with Crippen LogP contribution in [0.25, 0.3) is 0 Å². The quantitative estimate of drug-likeness (QED) is 0.915. The molecule has 1 N–H and O–H groups in total. The van der Waals surface area contributed by atoms with Gasteiger partial charge in [0.15, 0.2) is 0 Å². The number of aromatic nitrogens is 1. The minimum atomic E-state index is -0.306. The molecule has 0 spiro atoms. The van der Waals surface area contributed by atoms with Crippen LogP contribution in [-0.2, 0) is 6.54 Å². The monoisotopic (exact) mass is 288 g/mol. The zero-order chi connectivity index (χ0) is 15.5. The van der Waals surface area contributed by atoms with Gasteiger partial charge in [0.05, 0.1) is 5.69 Å². The largest absolute Gasteiger partial charge is 0.457 e. The maximum Gasteiger partial charge on any atom is 0.133 e. The van der Waals surface area contributed by atoms with Crippen LogP contribution in [0.2, 0.25) is 0 Å². The van der Waals surface area contributed by atoms with Gasteiger partial charge in [-0.2, -0.15) is 0 Å². The molecule has 0 aliphatic rings. The number of halogens is 1. The van der Waals surface area contributed by atoms with Gasteiger partial charge in [-0.25, -0.2) is 4.39 Å². The Balaban J connectivity index is 2.12. The second kappa shape index (κ2) is 6.22. The van der Waals surface area contributed by atoms with Gasteiger partial charge in [-0.3, -0.25) is 4.98 Å². The molecule has 3 nitrogen and oxygen atoms in total. The van der Waals surface area contributed by atoms with Crippen molar-refractivity contribution in [1.29, 1.82) is 0 Å². The molecule has 4 heteroatoms. The van der Waals surface area contributed by atoms with Crippen LogP contribution in [0.1, 0.15) is 32.0 Å². The minimum Gasteiger partial charge on any atom is -0.457 e. The van der Waals surface area contributed by atoms with Gasteiger partial charge in [0.2, 0.25) is 0 Å². The molecular weight excluding hydrogens is 267 g/mol. The standard InChI is InChI=1S/C17H21FN2O/c1-12-5-6-13(18)9-16(12)21-15-7-8-19-14(10-15)11-20-17(2,3)4/h5-10,20H,11H2,1-4H3. The van der Waals surface area contributed by atoms with E-state index in [1.54, 1.807) is 18.3 Å². The molecule has 1 aromatic carbocycles. The third-order valence-electron chi connectivity index (χ3n) is 2.97. The van der Waals surface area contributed by atoms with Crippen molar-refractivity contribution in [2.45, 2.75) is 39.8 Å². The summed E-state index contributed by atoms with van der Waals surface area (Å²) in [7, 11) is 0. The normalized spacial score (nSPS) is 11.5. The smallest absolute Gasteiger partial charge is 0.133 e. The maximum absolute atomic E-state index is 13.3. The van der Waals surface area contributed by atoms with Crippen molar-refractivity contribution < 1.29 is 9.13 Å². The van der Waals surface area contributed by atoms with Crippen molar-refractivity contribution in [2.24, 2.45) is 0 Å². The van der Waals surface area contributed by atoms with Gasteiger partial charge in [0, 0.05) is 30.4 Å². The Morgan fingerprint density at radius 2 is 1.95 bits per heavy atom. The number of rotatable bonds is 4. The Morgan fingerprint density at radius 1 is 1.19 bits per heavy atom. The SMILES string of the molecule is Cc1ccc(F)cc1Oc1ccnc(CNC(C)(C)C)c1. The third-order valence-corrected chi connectivity index (χ3v) is 2.97. The summed E-state index contributed by atoms with van der Waals surface area (Å²) in [5.41, 5.74) is 1.80. The van der Waals surface area contributed by atoms with Gasteiger partial charge in [-0.1, -0.05) is 6.07 Å². The number of hydrogen-bond acceptors (Lipinski definition) is 3. The van der Waals surface area contributed by atoms with E-state index in [2.05, 4.69) is 31.1 Å². The summed E-state index contributed by atoms with van der Waals surface area (Å²) in [4.78, 5) is 4.31. The predicted molar refractivity (Wildman–Crippen MR) is 82.0 cm³/mol. The molecule has 0 fully saturated rings. The lowest BCUT2D eigenvalue weighted by atomic mass is 10.1. The van der Waals surface area contributed by atoms with Gasteiger partial charge < -0.3 is 10.1 Å². The molecule has 0 atom stereocenters. The number of hydrogen-bond donors (Lipinski definition) is 1. The molecule has 0 amide bonds. The summed E-state index contributed by atoms with van der Waals surface area (Å²) in [5, 5.41) is 3.37. The van der Waals surface area contributed by atoms with Crippen LogP contribution >= 0.6 is 0 Å². The summed E-state index contributed by atoms with van der Waals surface area (Å²) in [6, 6.07) is 8.15. The van der Waals surface area contributed by atoms with Gasteiger partial charge in [-0.05, 0) is 45.4 Å². The van der Waals surface area contributed by atoms with E-state index in [0.717, 1.165) is 11.3 Å². The Labute approximate surface area is 125 Å². The highest BCUT2D eigenvalue weighted by Gasteiger charge is 2.10. The van der Waals surface area contributed by atoms with Crippen LogP contribution in [0.3, 0.4) is 0 Å². The van der Waals surface area contributed by atoms with E-state index in [9.17, 15) is 4.39 Å². The zero-order valence-corrected chi connectivity index (χ0v) is 12.9. The van der Waals surface area contributed by atoms with Gasteiger partial charge in [0.25, 0.3) is 0 Å². The molecule has 21 heavy (non-hydrogen) atoms. The number of benzene rings is 1. The van der Waals surface area contributed by atoms with Crippen molar-refractivity contribution in [3.05, 3.63) is 53.6 Å². The van der Waals surface area contributed by atoms with Crippen molar-refractivity contribution >= 4 is 0 Å². The molecule has 2 aromatic rings. The number of nitrogens with zero attached hydrogens (tertiary/aromatic N) is 1.